The number of rotatable bonds is 4. The molecule has 6 heteroatoms. The molecule has 0 aliphatic heterocycles. The van der Waals surface area contributed by atoms with E-state index in [1.165, 1.54) is 12.5 Å². The van der Waals surface area contributed by atoms with E-state index < -0.39 is 12.8 Å². The molecule has 0 aromatic carbocycles. The van der Waals surface area contributed by atoms with Gasteiger partial charge >= 0.3 is 12.4 Å². The van der Waals surface area contributed by atoms with E-state index in [-0.39, 0.29) is 5.69 Å². The second-order valence-electron chi connectivity index (χ2n) is 2.20. The first-order valence-corrected chi connectivity index (χ1v) is 3.38. The molecule has 1 rings (SSSR count). The Labute approximate surface area is 74.1 Å². The Balaban J connectivity index is 2.44. The standard InChI is InChI=1S/C7H7N2O4/c1-9-2-6(8-3-9)7(11)13-5-12-4-10/h2-3H,5H2,1H3. The summed E-state index contributed by atoms with van der Waals surface area (Å²) in [4.78, 5) is 24.3. The lowest BCUT2D eigenvalue weighted by atomic mass is 10.5. The first-order valence-electron chi connectivity index (χ1n) is 3.38. The van der Waals surface area contributed by atoms with E-state index in [0.717, 1.165) is 6.47 Å². The van der Waals surface area contributed by atoms with Crippen molar-refractivity contribution in [3.63, 3.8) is 0 Å². The van der Waals surface area contributed by atoms with Crippen LogP contribution in [0.3, 0.4) is 0 Å². The van der Waals surface area contributed by atoms with Gasteiger partial charge in [-0.15, -0.1) is 0 Å². The average molecular weight is 183 g/mol. The van der Waals surface area contributed by atoms with Crippen molar-refractivity contribution in [2.24, 2.45) is 7.05 Å². The van der Waals surface area contributed by atoms with Gasteiger partial charge in [-0.05, 0) is 0 Å². The highest BCUT2D eigenvalue weighted by Crippen LogP contribution is 1.96. The molecule has 0 atom stereocenters. The highest BCUT2D eigenvalue weighted by Gasteiger charge is 2.09. The number of imidazole rings is 1. The maximum atomic E-state index is 11.0. The number of ether oxygens (including phenoxy) is 2. The normalized spacial score (nSPS) is 9.31. The van der Waals surface area contributed by atoms with Gasteiger partial charge in [-0.1, -0.05) is 0 Å². The molecule has 0 aliphatic carbocycles. The quantitative estimate of drug-likeness (QED) is 0.361. The highest BCUT2D eigenvalue weighted by atomic mass is 16.7. The monoisotopic (exact) mass is 183 g/mol. The van der Waals surface area contributed by atoms with Crippen LogP contribution < -0.4 is 0 Å². The zero-order valence-corrected chi connectivity index (χ0v) is 6.89. The number of aryl methyl sites for hydroxylation is 1. The molecule has 1 aromatic rings. The summed E-state index contributed by atoms with van der Waals surface area (Å²) < 4.78 is 10.1. The van der Waals surface area contributed by atoms with Crippen molar-refractivity contribution in [2.45, 2.75) is 0 Å². The van der Waals surface area contributed by atoms with Gasteiger partial charge in [0, 0.05) is 13.2 Å². The van der Waals surface area contributed by atoms with Crippen LogP contribution in [0.4, 0.5) is 0 Å². The molecular formula is C7H7N2O4. The molecule has 1 aromatic heterocycles. The predicted octanol–water partition coefficient (Wildman–Crippen LogP) is -0.382. The van der Waals surface area contributed by atoms with Crippen LogP contribution in [0.2, 0.25) is 0 Å². The van der Waals surface area contributed by atoms with Gasteiger partial charge in [0.05, 0.1) is 6.33 Å². The van der Waals surface area contributed by atoms with E-state index in [0.29, 0.717) is 0 Å². The van der Waals surface area contributed by atoms with Crippen LogP contribution >= 0.6 is 0 Å². The fraction of sp³-hybridized carbons (Fsp3) is 0.286. The second kappa shape index (κ2) is 4.24. The van der Waals surface area contributed by atoms with E-state index in [2.05, 4.69) is 14.5 Å². The summed E-state index contributed by atoms with van der Waals surface area (Å²) in [5.74, 6) is -0.643. The number of esters is 1. The van der Waals surface area contributed by atoms with Crippen LogP contribution in [0.1, 0.15) is 10.5 Å². The molecule has 0 aliphatic rings. The highest BCUT2D eigenvalue weighted by molar-refractivity contribution is 5.86. The van der Waals surface area contributed by atoms with E-state index in [9.17, 15) is 9.59 Å². The summed E-state index contributed by atoms with van der Waals surface area (Å²) in [6.45, 7) is 0.681. The molecule has 13 heavy (non-hydrogen) atoms. The maximum Gasteiger partial charge on any atom is 0.420 e. The molecule has 0 spiro atoms. The fourth-order valence-electron chi connectivity index (χ4n) is 0.699. The minimum atomic E-state index is -0.643. The lowest BCUT2D eigenvalue weighted by Gasteiger charge is -1.98. The van der Waals surface area contributed by atoms with Gasteiger partial charge in [0.15, 0.2) is 5.69 Å². The van der Waals surface area contributed by atoms with Crippen LogP contribution in [-0.4, -0.2) is 28.8 Å². The summed E-state index contributed by atoms with van der Waals surface area (Å²) in [7, 11) is 1.72. The van der Waals surface area contributed by atoms with Crippen molar-refractivity contribution in [3.8, 4) is 0 Å². The topological polar surface area (TPSA) is 70.4 Å². The Morgan fingerprint density at radius 1 is 1.77 bits per heavy atom. The third kappa shape index (κ3) is 2.58. The summed E-state index contributed by atoms with van der Waals surface area (Å²) in [5, 5.41) is 0. The van der Waals surface area contributed by atoms with Gasteiger partial charge in [0.2, 0.25) is 6.79 Å². The van der Waals surface area contributed by atoms with Crippen molar-refractivity contribution in [2.75, 3.05) is 6.79 Å². The molecule has 6 nitrogen and oxygen atoms in total. The first-order chi connectivity index (χ1) is 6.24. The van der Waals surface area contributed by atoms with Gasteiger partial charge in [-0.3, -0.25) is 0 Å². The minimum Gasteiger partial charge on any atom is -0.423 e. The summed E-state index contributed by atoms with van der Waals surface area (Å²) >= 11 is 0. The lowest BCUT2D eigenvalue weighted by molar-refractivity contribution is 0.0101. The smallest absolute Gasteiger partial charge is 0.420 e. The molecule has 0 saturated heterocycles. The van der Waals surface area contributed by atoms with Crippen molar-refractivity contribution in [1.82, 2.24) is 9.55 Å². The molecular weight excluding hydrogens is 176 g/mol. The number of carbonyl (C=O) groups is 1. The van der Waals surface area contributed by atoms with E-state index in [1.54, 1.807) is 11.6 Å². The van der Waals surface area contributed by atoms with Crippen molar-refractivity contribution < 1.29 is 19.1 Å². The number of carbonyl (C=O) groups excluding carboxylic acids is 2. The Hall–Kier alpha value is -1.85. The minimum absolute atomic E-state index is 0.164. The first kappa shape index (κ1) is 9.24. The van der Waals surface area contributed by atoms with Crippen molar-refractivity contribution in [1.29, 1.82) is 0 Å². The molecule has 1 heterocycles. The van der Waals surface area contributed by atoms with Crippen molar-refractivity contribution in [3.05, 3.63) is 18.2 Å². The molecule has 0 unspecified atom stereocenters. The zero-order chi connectivity index (χ0) is 9.68. The van der Waals surface area contributed by atoms with Crippen LogP contribution in [-0.2, 0) is 21.3 Å². The predicted molar refractivity (Wildman–Crippen MR) is 40.3 cm³/mol. The number of hydrogen-bond donors (Lipinski definition) is 0. The molecule has 0 saturated carbocycles. The van der Waals surface area contributed by atoms with Gasteiger partial charge in [-0.25, -0.2) is 14.6 Å². The van der Waals surface area contributed by atoms with Crippen LogP contribution in [0, 0.1) is 0 Å². The fourth-order valence-corrected chi connectivity index (χ4v) is 0.699. The summed E-state index contributed by atoms with van der Waals surface area (Å²) in [5.41, 5.74) is 0.164. The molecule has 0 amide bonds. The third-order valence-corrected chi connectivity index (χ3v) is 1.22. The largest absolute Gasteiger partial charge is 0.423 e. The molecule has 69 valence electrons. The molecule has 0 bridgehead atoms. The van der Waals surface area contributed by atoms with E-state index >= 15 is 0 Å². The molecule has 0 fully saturated rings. The zero-order valence-electron chi connectivity index (χ0n) is 6.89. The Bertz CT molecular complexity index is 307. The van der Waals surface area contributed by atoms with E-state index in [1.807, 2.05) is 0 Å². The second-order valence-corrected chi connectivity index (χ2v) is 2.20. The SMILES string of the molecule is Cn1cnc(C(=O)OCO[C]=O)c1. The Kier molecular flexibility index (Phi) is 3.02. The molecule has 0 N–H and O–H groups in total. The van der Waals surface area contributed by atoms with E-state index in [4.69, 9.17) is 0 Å². The summed E-state index contributed by atoms with van der Waals surface area (Å²) in [6, 6.07) is 0. The summed E-state index contributed by atoms with van der Waals surface area (Å²) in [6.07, 6.45) is 2.95. The van der Waals surface area contributed by atoms with Crippen LogP contribution in [0.5, 0.6) is 0 Å². The van der Waals surface area contributed by atoms with Crippen LogP contribution in [0.15, 0.2) is 12.5 Å². The van der Waals surface area contributed by atoms with Gasteiger partial charge in [-0.2, -0.15) is 0 Å². The Morgan fingerprint density at radius 2 is 2.54 bits per heavy atom. The third-order valence-electron chi connectivity index (χ3n) is 1.22. The average Bonchev–Trinajstić information content (AvgIpc) is 2.52. The number of nitrogens with zero attached hydrogens (tertiary/aromatic N) is 2. The van der Waals surface area contributed by atoms with Gasteiger partial charge in [0.25, 0.3) is 0 Å². The maximum absolute atomic E-state index is 11.0. The number of hydrogen-bond acceptors (Lipinski definition) is 5. The Morgan fingerprint density at radius 3 is 3.08 bits per heavy atom. The number of aromatic nitrogens is 2. The van der Waals surface area contributed by atoms with Crippen LogP contribution in [0.25, 0.3) is 0 Å². The van der Waals surface area contributed by atoms with Gasteiger partial charge in [0.1, 0.15) is 0 Å². The van der Waals surface area contributed by atoms with Gasteiger partial charge < -0.3 is 14.0 Å². The van der Waals surface area contributed by atoms with Crippen molar-refractivity contribution >= 4 is 12.4 Å². The lowest BCUT2D eigenvalue weighted by Crippen LogP contribution is -2.08. The molecule has 1 radical (unpaired) electrons.